The van der Waals surface area contributed by atoms with Crippen LogP contribution in [0.1, 0.15) is 11.1 Å². The number of nitrogens with zero attached hydrogens (tertiary/aromatic N) is 3. The minimum absolute atomic E-state index is 0.0204. The summed E-state index contributed by atoms with van der Waals surface area (Å²) in [5.74, 6) is -0.817. The van der Waals surface area contributed by atoms with E-state index in [-0.39, 0.29) is 16.6 Å². The molecular formula is C27H25ClN4O2. The highest BCUT2D eigenvalue weighted by molar-refractivity contribution is 6.32. The molecule has 34 heavy (non-hydrogen) atoms. The summed E-state index contributed by atoms with van der Waals surface area (Å²) >= 11 is 6.20. The largest absolute Gasteiger partial charge is 0.374 e. The highest BCUT2D eigenvalue weighted by Crippen LogP contribution is 2.19. The van der Waals surface area contributed by atoms with Gasteiger partial charge in [-0.1, -0.05) is 66.2 Å². The number of pyridine rings is 1. The Morgan fingerprint density at radius 2 is 1.56 bits per heavy atom. The topological polar surface area (TPSA) is 65.5 Å². The Morgan fingerprint density at radius 1 is 0.882 bits per heavy atom. The first kappa shape index (κ1) is 23.3. The lowest BCUT2D eigenvalue weighted by atomic mass is 10.1. The van der Waals surface area contributed by atoms with Crippen LogP contribution in [-0.2, 0) is 9.59 Å². The SMILES string of the molecule is O=C(Nc1ccccc1)/C(=C/c1cccnc1Cl)C(=O)N1CCN(/C=C/c2ccccc2)CC1. The normalized spacial score (nSPS) is 14.3. The molecule has 3 aromatic rings. The molecular weight excluding hydrogens is 448 g/mol. The highest BCUT2D eigenvalue weighted by atomic mass is 35.5. The Labute approximate surface area is 204 Å². The van der Waals surface area contributed by atoms with Gasteiger partial charge in [-0.25, -0.2) is 4.98 Å². The zero-order valence-corrected chi connectivity index (χ0v) is 19.4. The van der Waals surface area contributed by atoms with Crippen molar-refractivity contribution in [3.63, 3.8) is 0 Å². The summed E-state index contributed by atoms with van der Waals surface area (Å²) in [4.78, 5) is 34.5. The predicted molar refractivity (Wildman–Crippen MR) is 136 cm³/mol. The molecule has 7 heteroatoms. The van der Waals surface area contributed by atoms with Gasteiger partial charge >= 0.3 is 0 Å². The summed E-state index contributed by atoms with van der Waals surface area (Å²) in [5.41, 5.74) is 2.27. The van der Waals surface area contributed by atoms with Crippen molar-refractivity contribution in [2.24, 2.45) is 0 Å². The zero-order chi connectivity index (χ0) is 23.8. The van der Waals surface area contributed by atoms with E-state index in [1.54, 1.807) is 35.4 Å². The van der Waals surface area contributed by atoms with Crippen molar-refractivity contribution in [3.8, 4) is 0 Å². The molecule has 0 saturated carbocycles. The van der Waals surface area contributed by atoms with Gasteiger partial charge in [-0.15, -0.1) is 0 Å². The summed E-state index contributed by atoms with van der Waals surface area (Å²) in [6.07, 6.45) is 7.18. The summed E-state index contributed by atoms with van der Waals surface area (Å²) in [6, 6.07) is 22.6. The molecule has 172 valence electrons. The van der Waals surface area contributed by atoms with E-state index in [0.717, 1.165) is 5.56 Å². The van der Waals surface area contributed by atoms with Crippen molar-refractivity contribution >= 4 is 41.3 Å². The van der Waals surface area contributed by atoms with Crippen LogP contribution in [0.3, 0.4) is 0 Å². The summed E-state index contributed by atoms with van der Waals surface area (Å²) in [6.45, 7) is 2.37. The van der Waals surface area contributed by atoms with Crippen LogP contribution in [0.4, 0.5) is 5.69 Å². The smallest absolute Gasteiger partial charge is 0.261 e. The summed E-state index contributed by atoms with van der Waals surface area (Å²) in [7, 11) is 0. The number of carbonyl (C=O) groups excluding carboxylic acids is 2. The predicted octanol–water partition coefficient (Wildman–Crippen LogP) is 4.57. The lowest BCUT2D eigenvalue weighted by Crippen LogP contribution is -2.48. The van der Waals surface area contributed by atoms with Crippen molar-refractivity contribution in [1.29, 1.82) is 0 Å². The van der Waals surface area contributed by atoms with E-state index in [1.807, 2.05) is 54.7 Å². The van der Waals surface area contributed by atoms with Gasteiger partial charge in [0.2, 0.25) is 0 Å². The van der Waals surface area contributed by atoms with Gasteiger partial charge in [-0.3, -0.25) is 9.59 Å². The first-order valence-corrected chi connectivity index (χ1v) is 11.4. The molecule has 0 spiro atoms. The third kappa shape index (κ3) is 6.11. The van der Waals surface area contributed by atoms with Crippen molar-refractivity contribution in [2.75, 3.05) is 31.5 Å². The Bertz CT molecular complexity index is 1190. The van der Waals surface area contributed by atoms with Crippen LogP contribution in [0.25, 0.3) is 12.2 Å². The molecule has 1 N–H and O–H groups in total. The molecule has 0 atom stereocenters. The van der Waals surface area contributed by atoms with Gasteiger partial charge in [0.15, 0.2) is 0 Å². The van der Waals surface area contributed by atoms with E-state index < -0.39 is 5.91 Å². The number of anilines is 1. The zero-order valence-electron chi connectivity index (χ0n) is 18.6. The van der Waals surface area contributed by atoms with Gasteiger partial charge in [-0.2, -0.15) is 0 Å². The molecule has 0 bridgehead atoms. The first-order valence-electron chi connectivity index (χ1n) is 11.1. The molecule has 6 nitrogen and oxygen atoms in total. The van der Waals surface area contributed by atoms with Crippen LogP contribution in [0, 0.1) is 0 Å². The molecule has 1 aliphatic rings. The Kier molecular flexibility index (Phi) is 7.73. The first-order chi connectivity index (χ1) is 16.6. The van der Waals surface area contributed by atoms with Crippen LogP contribution in [0.5, 0.6) is 0 Å². The molecule has 2 heterocycles. The number of hydrogen-bond donors (Lipinski definition) is 1. The number of amides is 2. The molecule has 0 radical (unpaired) electrons. The van der Waals surface area contributed by atoms with Gasteiger partial charge in [0, 0.05) is 43.6 Å². The Hall–Kier alpha value is -3.90. The van der Waals surface area contributed by atoms with Crippen molar-refractivity contribution < 1.29 is 9.59 Å². The number of nitrogens with one attached hydrogen (secondary N) is 1. The maximum Gasteiger partial charge on any atom is 0.261 e. The Morgan fingerprint density at radius 3 is 2.24 bits per heavy atom. The molecule has 0 unspecified atom stereocenters. The van der Waals surface area contributed by atoms with Crippen molar-refractivity contribution in [3.05, 3.63) is 107 Å². The molecule has 1 aromatic heterocycles. The molecule has 4 rings (SSSR count). The lowest BCUT2D eigenvalue weighted by molar-refractivity contribution is -0.130. The van der Waals surface area contributed by atoms with Crippen LogP contribution >= 0.6 is 11.6 Å². The van der Waals surface area contributed by atoms with Gasteiger partial charge in [-0.05, 0) is 42.1 Å². The van der Waals surface area contributed by atoms with Crippen LogP contribution in [0.15, 0.2) is 90.8 Å². The van der Waals surface area contributed by atoms with Gasteiger partial charge < -0.3 is 15.1 Å². The van der Waals surface area contributed by atoms with E-state index in [4.69, 9.17) is 11.6 Å². The second-order valence-electron chi connectivity index (χ2n) is 7.82. The maximum atomic E-state index is 13.4. The third-order valence-corrected chi connectivity index (χ3v) is 5.79. The van der Waals surface area contributed by atoms with E-state index in [9.17, 15) is 9.59 Å². The number of aromatic nitrogens is 1. The van der Waals surface area contributed by atoms with E-state index in [0.29, 0.717) is 37.4 Å². The van der Waals surface area contributed by atoms with E-state index in [2.05, 4.69) is 21.3 Å². The quantitative estimate of drug-likeness (QED) is 0.247. The van der Waals surface area contributed by atoms with Crippen LogP contribution < -0.4 is 5.32 Å². The molecule has 2 amide bonds. The second kappa shape index (κ2) is 11.3. The van der Waals surface area contributed by atoms with Crippen molar-refractivity contribution in [1.82, 2.24) is 14.8 Å². The number of carbonyl (C=O) groups is 2. The number of para-hydroxylation sites is 1. The van der Waals surface area contributed by atoms with E-state index >= 15 is 0 Å². The minimum atomic E-state index is -0.484. The average Bonchev–Trinajstić information content (AvgIpc) is 2.88. The fourth-order valence-corrected chi connectivity index (χ4v) is 3.78. The number of halogens is 1. The fourth-order valence-electron chi connectivity index (χ4n) is 3.61. The third-order valence-electron chi connectivity index (χ3n) is 5.47. The van der Waals surface area contributed by atoms with Gasteiger partial charge in [0.05, 0.1) is 0 Å². The summed E-state index contributed by atoms with van der Waals surface area (Å²) in [5, 5.41) is 3.04. The highest BCUT2D eigenvalue weighted by Gasteiger charge is 2.27. The standard InChI is InChI=1S/C27H25ClN4O2/c28-25-22(10-7-14-29-25)20-24(26(33)30-23-11-5-2-6-12-23)27(34)32-18-16-31(17-19-32)15-13-21-8-3-1-4-9-21/h1-15,20H,16-19H2,(H,30,33)/b15-13+,24-20-. The summed E-state index contributed by atoms with van der Waals surface area (Å²) < 4.78 is 0. The second-order valence-corrected chi connectivity index (χ2v) is 8.17. The maximum absolute atomic E-state index is 13.4. The number of benzene rings is 2. The average molecular weight is 473 g/mol. The lowest BCUT2D eigenvalue weighted by Gasteiger charge is -2.34. The molecule has 1 aliphatic heterocycles. The number of rotatable bonds is 6. The minimum Gasteiger partial charge on any atom is -0.374 e. The number of hydrogen-bond acceptors (Lipinski definition) is 4. The Balaban J connectivity index is 1.49. The number of piperazine rings is 1. The molecule has 1 fully saturated rings. The monoisotopic (exact) mass is 472 g/mol. The van der Waals surface area contributed by atoms with Crippen LogP contribution in [-0.4, -0.2) is 52.8 Å². The fraction of sp³-hybridized carbons (Fsp3) is 0.148. The van der Waals surface area contributed by atoms with E-state index in [1.165, 1.54) is 6.08 Å². The van der Waals surface area contributed by atoms with Gasteiger partial charge in [0.25, 0.3) is 11.8 Å². The molecule has 2 aromatic carbocycles. The van der Waals surface area contributed by atoms with Gasteiger partial charge in [0.1, 0.15) is 10.7 Å². The van der Waals surface area contributed by atoms with Crippen LogP contribution in [0.2, 0.25) is 5.15 Å². The molecule has 0 aliphatic carbocycles. The van der Waals surface area contributed by atoms with Crippen molar-refractivity contribution in [2.45, 2.75) is 0 Å². The molecule has 1 saturated heterocycles.